The molecule has 0 saturated carbocycles. The van der Waals surface area contributed by atoms with Gasteiger partial charge in [0, 0.05) is 32.1 Å². The molecule has 1 amide bonds. The molecule has 1 saturated heterocycles. The lowest BCUT2D eigenvalue weighted by molar-refractivity contribution is 0.0692. The molecule has 26 heavy (non-hydrogen) atoms. The lowest BCUT2D eigenvalue weighted by atomic mass is 9.97. The Labute approximate surface area is 150 Å². The van der Waals surface area contributed by atoms with Crippen LogP contribution in [0.25, 0.3) is 0 Å². The van der Waals surface area contributed by atoms with Crippen molar-refractivity contribution in [2.45, 2.75) is 25.3 Å². The minimum atomic E-state index is -0.941. The number of carbonyl (C=O) groups excluding carboxylic acids is 1. The second kappa shape index (κ2) is 7.45. The Morgan fingerprint density at radius 3 is 2.81 bits per heavy atom. The molecule has 140 valence electrons. The normalized spacial score (nSPS) is 17.8. The molecule has 3 rings (SSSR count). The maximum atomic E-state index is 13.9. The quantitative estimate of drug-likeness (QED) is 0.824. The summed E-state index contributed by atoms with van der Waals surface area (Å²) in [5.41, 5.74) is -0.349. The van der Waals surface area contributed by atoms with E-state index in [1.165, 1.54) is 0 Å². The minimum Gasteiger partial charge on any atom is -0.336 e. The highest BCUT2D eigenvalue weighted by atomic mass is 19.1. The summed E-state index contributed by atoms with van der Waals surface area (Å²) in [6.45, 7) is 1.59. The number of halogens is 2. The van der Waals surface area contributed by atoms with Crippen molar-refractivity contribution >= 4 is 5.91 Å². The first-order chi connectivity index (χ1) is 12.4. The number of likely N-dealkylation sites (tertiary alicyclic amines) is 1. The third kappa shape index (κ3) is 3.72. The Morgan fingerprint density at radius 2 is 2.12 bits per heavy atom. The lowest BCUT2D eigenvalue weighted by Crippen LogP contribution is -2.40. The van der Waals surface area contributed by atoms with Crippen LogP contribution in [0, 0.1) is 11.6 Å². The summed E-state index contributed by atoms with van der Waals surface area (Å²) in [6.07, 6.45) is 2.50. The van der Waals surface area contributed by atoms with Gasteiger partial charge in [0.05, 0.1) is 12.7 Å². The highest BCUT2D eigenvalue weighted by Gasteiger charge is 2.30. The van der Waals surface area contributed by atoms with Crippen molar-refractivity contribution in [2.24, 2.45) is 7.05 Å². The van der Waals surface area contributed by atoms with Gasteiger partial charge in [0.1, 0.15) is 17.5 Å². The topological polar surface area (TPSA) is 67.2 Å². The van der Waals surface area contributed by atoms with E-state index >= 15 is 0 Å². The highest BCUT2D eigenvalue weighted by molar-refractivity contribution is 5.92. The summed E-state index contributed by atoms with van der Waals surface area (Å²) in [6, 6.07) is 0.678. The molecular weight excluding hydrogens is 342 g/mol. The zero-order chi connectivity index (χ0) is 18.8. The van der Waals surface area contributed by atoms with E-state index < -0.39 is 17.5 Å². The molecule has 1 fully saturated rings. The zero-order valence-electron chi connectivity index (χ0n) is 15.1. The van der Waals surface area contributed by atoms with Gasteiger partial charge in [-0.2, -0.15) is 0 Å². The Hall–Kier alpha value is -2.42. The predicted molar refractivity (Wildman–Crippen MR) is 90.4 cm³/mol. The average Bonchev–Trinajstić information content (AvgIpc) is 2.94. The molecular formula is C17H22F2N6O. The Morgan fingerprint density at radius 1 is 1.35 bits per heavy atom. The van der Waals surface area contributed by atoms with Crippen molar-refractivity contribution in [1.29, 1.82) is 0 Å². The van der Waals surface area contributed by atoms with Gasteiger partial charge in [-0.25, -0.2) is 13.8 Å². The molecule has 0 N–H and O–H groups in total. The van der Waals surface area contributed by atoms with Crippen LogP contribution in [0.5, 0.6) is 0 Å². The largest absolute Gasteiger partial charge is 0.336 e. The van der Waals surface area contributed by atoms with Crippen molar-refractivity contribution in [3.05, 3.63) is 41.2 Å². The first-order valence-corrected chi connectivity index (χ1v) is 8.50. The molecule has 1 aliphatic rings. The van der Waals surface area contributed by atoms with Crippen molar-refractivity contribution < 1.29 is 13.6 Å². The fraction of sp³-hybridized carbons (Fsp3) is 0.529. The van der Waals surface area contributed by atoms with Gasteiger partial charge in [0.25, 0.3) is 5.91 Å². The first-order valence-electron chi connectivity index (χ1n) is 8.50. The number of nitrogens with zero attached hydrogens (tertiary/aromatic N) is 6. The van der Waals surface area contributed by atoms with Crippen LogP contribution in [0.1, 0.15) is 40.9 Å². The second-order valence-corrected chi connectivity index (χ2v) is 6.85. The first kappa shape index (κ1) is 18.4. The minimum absolute atomic E-state index is 0.0182. The maximum absolute atomic E-state index is 13.9. The molecule has 0 aliphatic carbocycles. The van der Waals surface area contributed by atoms with Crippen LogP contribution in [0.3, 0.4) is 0 Å². The highest BCUT2D eigenvalue weighted by Crippen LogP contribution is 2.27. The Balaban J connectivity index is 1.77. The van der Waals surface area contributed by atoms with Gasteiger partial charge in [0.15, 0.2) is 11.5 Å². The third-order valence-electron chi connectivity index (χ3n) is 4.54. The Kier molecular flexibility index (Phi) is 5.26. The molecule has 0 bridgehead atoms. The summed E-state index contributed by atoms with van der Waals surface area (Å²) >= 11 is 0. The van der Waals surface area contributed by atoms with E-state index in [-0.39, 0.29) is 11.6 Å². The number of hydrogen-bond acceptors (Lipinski definition) is 5. The monoisotopic (exact) mass is 364 g/mol. The van der Waals surface area contributed by atoms with E-state index in [1.807, 2.05) is 30.6 Å². The van der Waals surface area contributed by atoms with Crippen molar-refractivity contribution in [3.8, 4) is 0 Å². The fourth-order valence-electron chi connectivity index (χ4n) is 3.25. The van der Waals surface area contributed by atoms with Crippen LogP contribution in [-0.2, 0) is 13.6 Å². The van der Waals surface area contributed by atoms with Gasteiger partial charge in [-0.05, 0) is 26.9 Å². The van der Waals surface area contributed by atoms with Gasteiger partial charge >= 0.3 is 0 Å². The van der Waals surface area contributed by atoms with Crippen molar-refractivity contribution in [2.75, 3.05) is 27.2 Å². The SMILES string of the molecule is CN(C)Cc1nnc(C2CCCN(C(=O)c3ncc(F)cc3F)C2)n1C. The second-order valence-electron chi connectivity index (χ2n) is 6.85. The predicted octanol–water partition coefficient (Wildman–Crippen LogP) is 1.57. The van der Waals surface area contributed by atoms with Gasteiger partial charge in [-0.15, -0.1) is 10.2 Å². The van der Waals surface area contributed by atoms with Crippen LogP contribution < -0.4 is 0 Å². The van der Waals surface area contributed by atoms with E-state index in [1.54, 1.807) is 4.90 Å². The van der Waals surface area contributed by atoms with E-state index in [0.29, 0.717) is 25.7 Å². The number of aromatic nitrogens is 4. The van der Waals surface area contributed by atoms with E-state index in [2.05, 4.69) is 15.2 Å². The van der Waals surface area contributed by atoms with E-state index in [4.69, 9.17) is 0 Å². The Bertz CT molecular complexity index is 807. The molecule has 0 spiro atoms. The summed E-state index contributed by atoms with van der Waals surface area (Å²) in [7, 11) is 5.83. The molecule has 2 aromatic heterocycles. The molecule has 3 heterocycles. The molecule has 7 nitrogen and oxygen atoms in total. The average molecular weight is 364 g/mol. The van der Waals surface area contributed by atoms with Gasteiger partial charge in [-0.1, -0.05) is 0 Å². The summed E-state index contributed by atoms with van der Waals surface area (Å²) in [4.78, 5) is 19.8. The summed E-state index contributed by atoms with van der Waals surface area (Å²) in [5, 5.41) is 8.53. The molecule has 0 aromatic carbocycles. The standard InChI is InChI=1S/C17H22F2N6O/c1-23(2)10-14-21-22-16(24(14)3)11-5-4-6-25(9-11)17(26)15-13(19)7-12(18)8-20-15/h7-8,11H,4-6,9-10H2,1-3H3. The van der Waals surface area contributed by atoms with Crippen LogP contribution >= 0.6 is 0 Å². The van der Waals surface area contributed by atoms with Crippen molar-refractivity contribution in [3.63, 3.8) is 0 Å². The van der Waals surface area contributed by atoms with E-state index in [9.17, 15) is 13.6 Å². The lowest BCUT2D eigenvalue weighted by Gasteiger charge is -2.32. The number of piperidine rings is 1. The van der Waals surface area contributed by atoms with Crippen molar-refractivity contribution in [1.82, 2.24) is 29.5 Å². The van der Waals surface area contributed by atoms with Crippen LogP contribution in [0.2, 0.25) is 0 Å². The maximum Gasteiger partial charge on any atom is 0.275 e. The smallest absolute Gasteiger partial charge is 0.275 e. The fourth-order valence-corrected chi connectivity index (χ4v) is 3.25. The number of hydrogen-bond donors (Lipinski definition) is 0. The molecule has 0 radical (unpaired) electrons. The number of pyridine rings is 1. The zero-order valence-corrected chi connectivity index (χ0v) is 15.1. The van der Waals surface area contributed by atoms with Gasteiger partial charge in [-0.3, -0.25) is 4.79 Å². The van der Waals surface area contributed by atoms with Gasteiger partial charge < -0.3 is 14.4 Å². The molecule has 9 heteroatoms. The van der Waals surface area contributed by atoms with Gasteiger partial charge in [0.2, 0.25) is 0 Å². The molecule has 1 atom stereocenters. The molecule has 1 unspecified atom stereocenters. The number of rotatable bonds is 4. The van der Waals surface area contributed by atoms with E-state index in [0.717, 1.165) is 30.7 Å². The summed E-state index contributed by atoms with van der Waals surface area (Å²) in [5.74, 6) is -0.591. The third-order valence-corrected chi connectivity index (χ3v) is 4.54. The number of amides is 1. The van der Waals surface area contributed by atoms with Crippen LogP contribution in [0.4, 0.5) is 8.78 Å². The number of carbonyl (C=O) groups is 1. The van der Waals surface area contributed by atoms with Crippen LogP contribution in [-0.4, -0.2) is 62.6 Å². The summed E-state index contributed by atoms with van der Waals surface area (Å²) < 4.78 is 28.9. The molecule has 1 aliphatic heterocycles. The van der Waals surface area contributed by atoms with Crippen LogP contribution in [0.15, 0.2) is 12.3 Å². The molecule has 2 aromatic rings.